The maximum Gasteiger partial charge on any atom is 0.410 e. The van der Waals surface area contributed by atoms with Crippen LogP contribution in [-0.4, -0.2) is 48.6 Å². The molecule has 0 radical (unpaired) electrons. The topological polar surface area (TPSA) is 48.6 Å². The average molecular weight is 418 g/mol. The van der Waals surface area contributed by atoms with Crippen molar-refractivity contribution in [1.29, 1.82) is 0 Å². The van der Waals surface area contributed by atoms with Gasteiger partial charge in [-0.1, -0.05) is 48.5 Å². The van der Waals surface area contributed by atoms with E-state index in [-0.39, 0.29) is 17.2 Å². The van der Waals surface area contributed by atoms with E-state index in [4.69, 9.17) is 4.74 Å². The Morgan fingerprint density at radius 3 is 2.35 bits per heavy atom. The molecule has 1 spiro atoms. The monoisotopic (exact) mass is 417 g/mol. The van der Waals surface area contributed by atoms with Crippen molar-refractivity contribution in [3.8, 4) is 0 Å². The van der Waals surface area contributed by atoms with Gasteiger partial charge < -0.3 is 9.72 Å². The lowest BCUT2D eigenvalue weighted by atomic mass is 9.65. The first kappa shape index (κ1) is 20.1. The van der Waals surface area contributed by atoms with Gasteiger partial charge >= 0.3 is 6.09 Å². The second-order valence-electron chi connectivity index (χ2n) is 9.22. The van der Waals surface area contributed by atoms with Crippen LogP contribution in [0, 0.1) is 0 Å². The van der Waals surface area contributed by atoms with Gasteiger partial charge in [0.2, 0.25) is 0 Å². The molecule has 1 amide bonds. The zero-order valence-corrected chi connectivity index (χ0v) is 18.6. The summed E-state index contributed by atoms with van der Waals surface area (Å²) in [6.07, 6.45) is 4.39. The van der Waals surface area contributed by atoms with E-state index in [1.54, 1.807) is 0 Å². The summed E-state index contributed by atoms with van der Waals surface area (Å²) in [5, 5.41) is 1.29. The molecule has 1 fully saturated rings. The molecular formula is C26H31N3O2. The fourth-order valence-corrected chi connectivity index (χ4v) is 6.15. The molecule has 2 aromatic carbocycles. The quantitative estimate of drug-likeness (QED) is 0.637. The number of nitrogens with one attached hydrogen (secondary N) is 1. The van der Waals surface area contributed by atoms with Crippen LogP contribution in [0.15, 0.2) is 54.6 Å². The van der Waals surface area contributed by atoms with Crippen LogP contribution in [0.2, 0.25) is 0 Å². The fourth-order valence-electron chi connectivity index (χ4n) is 6.15. The van der Waals surface area contributed by atoms with Crippen LogP contribution in [0.3, 0.4) is 0 Å². The van der Waals surface area contributed by atoms with Crippen LogP contribution in [0.1, 0.15) is 42.5 Å². The van der Waals surface area contributed by atoms with E-state index in [0.717, 1.165) is 37.6 Å². The first-order valence-corrected chi connectivity index (χ1v) is 11.2. The number of H-pyrrole nitrogens is 1. The molecule has 1 aromatic heterocycles. The van der Waals surface area contributed by atoms with Crippen LogP contribution in [0.5, 0.6) is 0 Å². The van der Waals surface area contributed by atoms with Crippen LogP contribution < -0.4 is 0 Å². The van der Waals surface area contributed by atoms with E-state index >= 15 is 0 Å². The minimum atomic E-state index is -0.353. The van der Waals surface area contributed by atoms with Crippen molar-refractivity contribution in [2.45, 2.75) is 43.2 Å². The lowest BCUT2D eigenvalue weighted by Crippen LogP contribution is -2.58. The van der Waals surface area contributed by atoms with Gasteiger partial charge in [-0.15, -0.1) is 0 Å². The molecule has 1 N–H and O–H groups in total. The summed E-state index contributed by atoms with van der Waals surface area (Å²) in [6, 6.07) is 19.3. The Bertz CT molecular complexity index is 1090. The van der Waals surface area contributed by atoms with E-state index < -0.39 is 0 Å². The Labute approximate surface area is 184 Å². The Hall–Kier alpha value is -2.79. The summed E-state index contributed by atoms with van der Waals surface area (Å²) in [5.41, 5.74) is 4.71. The number of carbonyl (C=O) groups excluding carboxylic acids is 1. The van der Waals surface area contributed by atoms with Gasteiger partial charge in [-0.05, 0) is 63.4 Å². The first-order chi connectivity index (χ1) is 15.0. The predicted molar refractivity (Wildman–Crippen MR) is 123 cm³/mol. The highest BCUT2D eigenvalue weighted by Gasteiger charge is 2.53. The number of para-hydroxylation sites is 1. The summed E-state index contributed by atoms with van der Waals surface area (Å²) in [7, 11) is 5.85. The molecule has 2 aliphatic rings. The summed E-state index contributed by atoms with van der Waals surface area (Å²) in [4.78, 5) is 21.0. The third-order valence-corrected chi connectivity index (χ3v) is 7.85. The van der Waals surface area contributed by atoms with Crippen molar-refractivity contribution in [2.24, 2.45) is 0 Å². The Morgan fingerprint density at radius 2 is 1.68 bits per heavy atom. The maximum atomic E-state index is 12.9. The molecule has 5 heteroatoms. The minimum Gasteiger partial charge on any atom is -0.453 e. The van der Waals surface area contributed by atoms with Crippen LogP contribution in [0.25, 0.3) is 10.9 Å². The first-order valence-electron chi connectivity index (χ1n) is 11.2. The molecule has 0 saturated heterocycles. The van der Waals surface area contributed by atoms with Gasteiger partial charge in [-0.2, -0.15) is 0 Å². The molecule has 0 atom stereocenters. The maximum absolute atomic E-state index is 12.9. The van der Waals surface area contributed by atoms with Crippen LogP contribution in [-0.2, 0) is 22.2 Å². The smallest absolute Gasteiger partial charge is 0.410 e. The van der Waals surface area contributed by atoms with Crippen molar-refractivity contribution in [1.82, 2.24) is 14.8 Å². The lowest BCUT2D eigenvalue weighted by Gasteiger charge is -2.54. The molecule has 1 aliphatic heterocycles. The number of methoxy groups -OCH3 is 1. The molecule has 5 nitrogen and oxygen atoms in total. The van der Waals surface area contributed by atoms with Crippen molar-refractivity contribution in [3.63, 3.8) is 0 Å². The van der Waals surface area contributed by atoms with Gasteiger partial charge in [0, 0.05) is 28.7 Å². The van der Waals surface area contributed by atoms with Crippen molar-refractivity contribution in [3.05, 3.63) is 71.4 Å². The molecule has 1 aliphatic carbocycles. The number of benzene rings is 2. The van der Waals surface area contributed by atoms with Crippen molar-refractivity contribution < 1.29 is 9.53 Å². The molecule has 31 heavy (non-hydrogen) atoms. The number of carbonyl (C=O) groups is 1. The highest BCUT2D eigenvalue weighted by molar-refractivity contribution is 5.86. The summed E-state index contributed by atoms with van der Waals surface area (Å²) in [6.45, 7) is 0.696. The number of aromatic nitrogens is 1. The van der Waals surface area contributed by atoms with Gasteiger partial charge in [0.1, 0.15) is 0 Å². The number of rotatable bonds is 2. The zero-order chi connectivity index (χ0) is 21.6. The van der Waals surface area contributed by atoms with E-state index in [9.17, 15) is 4.79 Å². The second-order valence-corrected chi connectivity index (χ2v) is 9.22. The molecule has 2 heterocycles. The van der Waals surface area contributed by atoms with Gasteiger partial charge in [0.05, 0.1) is 12.6 Å². The van der Waals surface area contributed by atoms with E-state index in [2.05, 4.69) is 78.6 Å². The average Bonchev–Trinajstić information content (AvgIpc) is 3.20. The molecule has 0 bridgehead atoms. The molecular weight excluding hydrogens is 386 g/mol. The normalized spacial score (nSPS) is 25.7. The minimum absolute atomic E-state index is 0.0298. The number of aromatic amines is 1. The second kappa shape index (κ2) is 7.41. The molecule has 162 valence electrons. The summed E-state index contributed by atoms with van der Waals surface area (Å²) in [5.74, 6) is 0. The summed E-state index contributed by atoms with van der Waals surface area (Å²) < 4.78 is 5.25. The highest BCUT2D eigenvalue weighted by atomic mass is 16.5. The highest BCUT2D eigenvalue weighted by Crippen LogP contribution is 2.53. The van der Waals surface area contributed by atoms with Crippen LogP contribution >= 0.6 is 0 Å². The number of nitrogens with zero attached hydrogens (tertiary/aromatic N) is 2. The number of ether oxygens (including phenoxy) is 1. The summed E-state index contributed by atoms with van der Waals surface area (Å²) >= 11 is 0. The van der Waals surface area contributed by atoms with Crippen molar-refractivity contribution >= 4 is 17.0 Å². The third-order valence-electron chi connectivity index (χ3n) is 7.85. The number of hydrogen-bond acceptors (Lipinski definition) is 3. The molecule has 1 saturated carbocycles. The van der Waals surface area contributed by atoms with E-state index in [1.165, 1.54) is 29.3 Å². The predicted octanol–water partition coefficient (Wildman–Crippen LogP) is 5.02. The number of amides is 1. The van der Waals surface area contributed by atoms with Gasteiger partial charge in [0.25, 0.3) is 0 Å². The standard InChI is InChI=1S/C26H31N3O2/c1-28(2)25(19-9-5-4-6-10-19)14-16-26(17-15-25)23-21(13-18-29(26)24(30)31-3)20-11-7-8-12-22(20)27-23/h4-12,27H,13-18H2,1-3H3. The lowest BCUT2D eigenvalue weighted by molar-refractivity contribution is -0.0178. The number of hydrogen-bond donors (Lipinski definition) is 1. The van der Waals surface area contributed by atoms with Crippen molar-refractivity contribution in [2.75, 3.05) is 27.7 Å². The fraction of sp³-hybridized carbons (Fsp3) is 0.423. The molecule has 5 rings (SSSR count). The van der Waals surface area contributed by atoms with E-state index in [1.807, 2.05) is 4.90 Å². The van der Waals surface area contributed by atoms with Gasteiger partial charge in [-0.25, -0.2) is 4.79 Å². The van der Waals surface area contributed by atoms with Crippen LogP contribution in [0.4, 0.5) is 4.79 Å². The Kier molecular flexibility index (Phi) is 4.82. The van der Waals surface area contributed by atoms with E-state index in [0.29, 0.717) is 6.54 Å². The zero-order valence-electron chi connectivity index (χ0n) is 18.6. The number of fused-ring (bicyclic) bond motifs is 4. The largest absolute Gasteiger partial charge is 0.453 e. The van der Waals surface area contributed by atoms with Gasteiger partial charge in [0.15, 0.2) is 0 Å². The van der Waals surface area contributed by atoms with Gasteiger partial charge in [-0.3, -0.25) is 9.80 Å². The molecule has 0 unspecified atom stereocenters. The third kappa shape index (κ3) is 2.90. The molecule has 3 aromatic rings. The Balaban J connectivity index is 1.61. The SMILES string of the molecule is COC(=O)N1CCc2c([nH]c3ccccc23)C12CCC(c1ccccc1)(N(C)C)CC2. The Morgan fingerprint density at radius 1 is 1.00 bits per heavy atom.